The van der Waals surface area contributed by atoms with E-state index in [2.05, 4.69) is 26.6 Å². The van der Waals surface area contributed by atoms with Crippen LogP contribution in [0.5, 0.6) is 5.75 Å². The lowest BCUT2D eigenvalue weighted by molar-refractivity contribution is 0.414. The molecule has 8 heteroatoms. The zero-order valence-electron chi connectivity index (χ0n) is 13.8. The molecule has 2 aromatic heterocycles. The van der Waals surface area contributed by atoms with Crippen molar-refractivity contribution in [1.82, 2.24) is 25.2 Å². The maximum Gasteiger partial charge on any atom is 0.214 e. The third kappa shape index (κ3) is 3.36. The van der Waals surface area contributed by atoms with Gasteiger partial charge < -0.3 is 4.74 Å². The van der Waals surface area contributed by atoms with Crippen molar-refractivity contribution in [3.8, 4) is 11.4 Å². The van der Waals surface area contributed by atoms with Gasteiger partial charge in [0.1, 0.15) is 10.9 Å². The molecule has 6 nitrogen and oxygen atoms in total. The van der Waals surface area contributed by atoms with Crippen LogP contribution in [-0.4, -0.2) is 32.3 Å². The molecule has 0 unspecified atom stereocenters. The van der Waals surface area contributed by atoms with Gasteiger partial charge in [-0.15, -0.1) is 5.10 Å². The highest BCUT2D eigenvalue weighted by molar-refractivity contribution is 7.98. The number of nitrogens with zero attached hydrogens (tertiary/aromatic N) is 5. The molecule has 4 rings (SSSR count). The van der Waals surface area contributed by atoms with E-state index in [1.165, 1.54) is 11.8 Å². The summed E-state index contributed by atoms with van der Waals surface area (Å²) < 4.78 is 6.87. The average molecular weight is 384 g/mol. The number of thioether (sulfide) groups is 1. The minimum absolute atomic E-state index is 0.500. The summed E-state index contributed by atoms with van der Waals surface area (Å²) in [6.07, 6.45) is 0. The zero-order valence-corrected chi connectivity index (χ0v) is 15.4. The molecule has 0 amide bonds. The molecule has 0 aliphatic rings. The summed E-state index contributed by atoms with van der Waals surface area (Å²) in [5.74, 6) is 1.40. The second kappa shape index (κ2) is 7.31. The van der Waals surface area contributed by atoms with E-state index in [1.807, 2.05) is 48.5 Å². The van der Waals surface area contributed by atoms with E-state index in [0.29, 0.717) is 16.1 Å². The molecule has 2 aromatic carbocycles. The number of benzene rings is 2. The molecule has 0 fully saturated rings. The van der Waals surface area contributed by atoms with Crippen molar-refractivity contribution in [3.63, 3.8) is 0 Å². The van der Waals surface area contributed by atoms with Crippen LogP contribution >= 0.6 is 23.4 Å². The van der Waals surface area contributed by atoms with Crippen molar-refractivity contribution in [2.75, 3.05) is 7.11 Å². The van der Waals surface area contributed by atoms with E-state index in [4.69, 9.17) is 16.3 Å². The molecule has 0 bridgehead atoms. The van der Waals surface area contributed by atoms with Crippen LogP contribution in [0.25, 0.3) is 16.6 Å². The predicted octanol–water partition coefficient (Wildman–Crippen LogP) is 4.16. The first-order valence-electron chi connectivity index (χ1n) is 7.84. The van der Waals surface area contributed by atoms with Gasteiger partial charge in [0.25, 0.3) is 0 Å². The Hall–Kier alpha value is -2.64. The van der Waals surface area contributed by atoms with Crippen LogP contribution in [0.3, 0.4) is 0 Å². The first kappa shape index (κ1) is 16.8. The number of fused-ring (bicyclic) bond motifs is 1. The molecule has 26 heavy (non-hydrogen) atoms. The van der Waals surface area contributed by atoms with Gasteiger partial charge in [0, 0.05) is 16.7 Å². The second-order valence-corrected chi connectivity index (χ2v) is 6.79. The van der Waals surface area contributed by atoms with Crippen molar-refractivity contribution in [3.05, 3.63) is 65.3 Å². The molecule has 0 N–H and O–H groups in total. The van der Waals surface area contributed by atoms with Gasteiger partial charge in [-0.2, -0.15) is 4.68 Å². The van der Waals surface area contributed by atoms with Gasteiger partial charge in [0.15, 0.2) is 0 Å². The Morgan fingerprint density at radius 1 is 1.12 bits per heavy atom. The highest BCUT2D eigenvalue weighted by Crippen LogP contribution is 2.28. The summed E-state index contributed by atoms with van der Waals surface area (Å²) >= 11 is 7.84. The lowest BCUT2D eigenvalue weighted by Gasteiger charge is -2.07. The lowest BCUT2D eigenvalue weighted by atomic mass is 10.2. The van der Waals surface area contributed by atoms with Crippen LogP contribution in [0.4, 0.5) is 0 Å². The number of methoxy groups -OCH3 is 1. The Morgan fingerprint density at radius 3 is 2.73 bits per heavy atom. The molecule has 0 spiro atoms. The van der Waals surface area contributed by atoms with Crippen LogP contribution in [-0.2, 0) is 5.75 Å². The van der Waals surface area contributed by atoms with Gasteiger partial charge in [-0.1, -0.05) is 41.6 Å². The fraction of sp³-hybridized carbons (Fsp3) is 0.111. The van der Waals surface area contributed by atoms with Crippen molar-refractivity contribution >= 4 is 34.3 Å². The van der Waals surface area contributed by atoms with E-state index in [1.54, 1.807) is 11.8 Å². The van der Waals surface area contributed by atoms with Crippen LogP contribution in [0.2, 0.25) is 5.15 Å². The van der Waals surface area contributed by atoms with Crippen molar-refractivity contribution in [2.24, 2.45) is 0 Å². The Bertz CT molecular complexity index is 1050. The molecular formula is C18H14ClN5OS. The highest BCUT2D eigenvalue weighted by Gasteiger charge is 2.12. The number of pyridine rings is 1. The van der Waals surface area contributed by atoms with E-state index >= 15 is 0 Å². The summed E-state index contributed by atoms with van der Waals surface area (Å²) in [7, 11) is 1.63. The first-order chi connectivity index (χ1) is 12.7. The Labute approximate surface area is 159 Å². The molecule has 0 saturated carbocycles. The van der Waals surface area contributed by atoms with Gasteiger partial charge in [-0.3, -0.25) is 0 Å². The molecule has 0 radical (unpaired) electrons. The monoisotopic (exact) mass is 383 g/mol. The number of halogens is 1. The van der Waals surface area contributed by atoms with E-state index < -0.39 is 0 Å². The van der Waals surface area contributed by atoms with Crippen molar-refractivity contribution < 1.29 is 4.74 Å². The lowest BCUT2D eigenvalue weighted by Crippen LogP contribution is -1.99. The molecule has 4 aromatic rings. The SMILES string of the molecule is COc1ccc(-n2nnnc2SCc2cc3ccccc3nc2Cl)cc1. The van der Waals surface area contributed by atoms with Crippen LogP contribution in [0.15, 0.2) is 59.8 Å². The average Bonchev–Trinajstić information content (AvgIpc) is 3.15. The maximum absolute atomic E-state index is 6.34. The minimum Gasteiger partial charge on any atom is -0.497 e. The Balaban J connectivity index is 1.57. The van der Waals surface area contributed by atoms with Crippen LogP contribution in [0, 0.1) is 0 Å². The smallest absolute Gasteiger partial charge is 0.214 e. The summed E-state index contributed by atoms with van der Waals surface area (Å²) in [6.45, 7) is 0. The third-order valence-electron chi connectivity index (χ3n) is 3.86. The van der Waals surface area contributed by atoms with E-state index in [9.17, 15) is 0 Å². The normalized spacial score (nSPS) is 11.0. The quantitative estimate of drug-likeness (QED) is 0.380. The number of rotatable bonds is 5. The summed E-state index contributed by atoms with van der Waals surface area (Å²) in [5, 5.41) is 14.2. The molecule has 130 valence electrons. The van der Waals surface area contributed by atoms with Gasteiger partial charge >= 0.3 is 0 Å². The van der Waals surface area contributed by atoms with Crippen molar-refractivity contribution in [2.45, 2.75) is 10.9 Å². The molecule has 0 saturated heterocycles. The third-order valence-corrected chi connectivity index (χ3v) is 5.16. The predicted molar refractivity (Wildman–Crippen MR) is 102 cm³/mol. The second-order valence-electron chi connectivity index (χ2n) is 5.49. The van der Waals surface area contributed by atoms with Gasteiger partial charge in [0.2, 0.25) is 5.16 Å². The van der Waals surface area contributed by atoms with Gasteiger partial charge in [-0.25, -0.2) is 4.98 Å². The van der Waals surface area contributed by atoms with E-state index in [-0.39, 0.29) is 0 Å². The summed E-state index contributed by atoms with van der Waals surface area (Å²) in [6, 6.07) is 17.5. The number of ether oxygens (including phenoxy) is 1. The largest absolute Gasteiger partial charge is 0.497 e. The molecule has 0 atom stereocenters. The first-order valence-corrected chi connectivity index (χ1v) is 9.21. The summed E-state index contributed by atoms with van der Waals surface area (Å²) in [5.41, 5.74) is 2.69. The zero-order chi connectivity index (χ0) is 17.9. The van der Waals surface area contributed by atoms with Crippen molar-refractivity contribution in [1.29, 1.82) is 0 Å². The molecular weight excluding hydrogens is 370 g/mol. The number of hydrogen-bond acceptors (Lipinski definition) is 6. The topological polar surface area (TPSA) is 65.7 Å². The van der Waals surface area contributed by atoms with Gasteiger partial charge in [0.05, 0.1) is 18.3 Å². The number of aromatic nitrogens is 5. The van der Waals surface area contributed by atoms with Crippen LogP contribution in [0.1, 0.15) is 5.56 Å². The molecule has 0 aliphatic carbocycles. The maximum atomic E-state index is 6.34. The van der Waals surface area contributed by atoms with E-state index in [0.717, 1.165) is 27.9 Å². The molecule has 2 heterocycles. The Morgan fingerprint density at radius 2 is 1.92 bits per heavy atom. The Kier molecular flexibility index (Phi) is 4.73. The highest BCUT2D eigenvalue weighted by atomic mass is 35.5. The minimum atomic E-state index is 0.500. The van der Waals surface area contributed by atoms with Gasteiger partial charge in [-0.05, 0) is 46.8 Å². The standard InChI is InChI=1S/C18H14ClN5OS/c1-25-15-8-6-14(7-9-15)24-18(21-22-23-24)26-11-13-10-12-4-2-3-5-16(12)20-17(13)19/h2-10H,11H2,1H3. The fourth-order valence-corrected chi connectivity index (χ4v) is 3.69. The fourth-order valence-electron chi connectivity index (χ4n) is 2.53. The number of hydrogen-bond donors (Lipinski definition) is 0. The summed E-state index contributed by atoms with van der Waals surface area (Å²) in [4.78, 5) is 4.45. The number of para-hydroxylation sites is 1. The number of tetrazole rings is 1. The molecule has 0 aliphatic heterocycles. The van der Waals surface area contributed by atoms with Crippen LogP contribution < -0.4 is 4.74 Å².